The molecule has 0 aliphatic carbocycles. The number of hydrogen-bond acceptors (Lipinski definition) is 7. The minimum atomic E-state index is -0.657. The summed E-state index contributed by atoms with van der Waals surface area (Å²) < 4.78 is 4.89. The van der Waals surface area contributed by atoms with Crippen LogP contribution in [-0.4, -0.2) is 48.5 Å². The molecule has 0 aromatic heterocycles. The Morgan fingerprint density at radius 1 is 1.37 bits per heavy atom. The molecule has 0 aromatic rings. The highest BCUT2D eigenvalue weighted by atomic mass is 32.2. The second-order valence-corrected chi connectivity index (χ2v) is 4.87. The number of nitrogens with two attached hydrogens (primary N) is 2. The van der Waals surface area contributed by atoms with Crippen LogP contribution in [0.2, 0.25) is 0 Å². The number of nitrogens with one attached hydrogen (secondary N) is 1. The van der Waals surface area contributed by atoms with Crippen molar-refractivity contribution in [3.8, 4) is 0 Å². The van der Waals surface area contributed by atoms with Crippen molar-refractivity contribution in [3.63, 3.8) is 0 Å². The first kappa shape index (κ1) is 17.9. The first-order chi connectivity index (χ1) is 9.01. The first-order valence-electron chi connectivity index (χ1n) is 5.99. The van der Waals surface area contributed by atoms with Crippen LogP contribution in [0, 0.1) is 0 Å². The van der Waals surface area contributed by atoms with Gasteiger partial charge in [0.1, 0.15) is 6.61 Å². The lowest BCUT2D eigenvalue weighted by Crippen LogP contribution is -2.43. The zero-order valence-electron chi connectivity index (χ0n) is 11.0. The highest BCUT2D eigenvalue weighted by Crippen LogP contribution is 2.05. The summed E-state index contributed by atoms with van der Waals surface area (Å²) in [5.74, 6) is -0.153. The minimum Gasteiger partial charge on any atom is -0.465 e. The summed E-state index contributed by atoms with van der Waals surface area (Å²) in [6.07, 6.45) is 0.0438. The van der Waals surface area contributed by atoms with Crippen LogP contribution in [0.4, 0.5) is 0 Å². The summed E-state index contributed by atoms with van der Waals surface area (Å²) >= 11 is 1.44. The maximum atomic E-state index is 11.6. The van der Waals surface area contributed by atoms with Gasteiger partial charge in [0.2, 0.25) is 5.91 Å². The fraction of sp³-hybridized carbons (Fsp3) is 0.727. The molecule has 8 heteroatoms. The number of ether oxygens (including phenoxy) is 1. The lowest BCUT2D eigenvalue weighted by Gasteiger charge is -2.15. The Morgan fingerprint density at radius 3 is 2.58 bits per heavy atom. The van der Waals surface area contributed by atoms with E-state index < -0.39 is 11.9 Å². The third kappa shape index (κ3) is 9.46. The number of hydrogen-bond donors (Lipinski definition) is 3. The normalized spacial score (nSPS) is 11.9. The van der Waals surface area contributed by atoms with Crippen molar-refractivity contribution in [2.75, 3.05) is 24.8 Å². The van der Waals surface area contributed by atoms with Gasteiger partial charge in [0, 0.05) is 24.6 Å². The van der Waals surface area contributed by atoms with Crippen LogP contribution in [0.3, 0.4) is 0 Å². The average molecular weight is 291 g/mol. The van der Waals surface area contributed by atoms with Crippen LogP contribution in [0.1, 0.15) is 19.8 Å². The van der Waals surface area contributed by atoms with E-state index in [1.807, 2.05) is 0 Å². The zero-order valence-corrected chi connectivity index (χ0v) is 11.8. The van der Waals surface area contributed by atoms with E-state index in [4.69, 9.17) is 16.2 Å². The molecular formula is C11H21N3O4S. The minimum absolute atomic E-state index is 0.139. The summed E-state index contributed by atoms with van der Waals surface area (Å²) in [5.41, 5.74) is 10.3. The van der Waals surface area contributed by atoms with Crippen molar-refractivity contribution in [3.05, 3.63) is 0 Å². The molecule has 0 saturated heterocycles. The zero-order chi connectivity index (χ0) is 14.7. The van der Waals surface area contributed by atoms with E-state index >= 15 is 0 Å². The number of thioether (sulfide) groups is 1. The van der Waals surface area contributed by atoms with Gasteiger partial charge in [-0.15, -0.1) is 0 Å². The van der Waals surface area contributed by atoms with Crippen molar-refractivity contribution in [1.29, 1.82) is 0 Å². The Morgan fingerprint density at radius 2 is 2.05 bits per heavy atom. The molecule has 0 rings (SSSR count). The van der Waals surface area contributed by atoms with E-state index in [1.54, 1.807) is 6.92 Å². The molecule has 1 amide bonds. The standard InChI is InChI=1S/C11H21N3O4S/c1-2-11(17)18-3-4-19-6-8(14-7-12)9(15)5-10(13)16/h8,14H,2-7,12H2,1H3,(H2,13,16)/t8-/m0/s1. The quantitative estimate of drug-likeness (QED) is 0.193. The molecule has 0 unspecified atom stereocenters. The Balaban J connectivity index is 3.91. The van der Waals surface area contributed by atoms with Crippen LogP contribution in [0.15, 0.2) is 0 Å². The summed E-state index contributed by atoms with van der Waals surface area (Å²) in [6.45, 7) is 2.16. The van der Waals surface area contributed by atoms with Crippen molar-refractivity contribution in [1.82, 2.24) is 5.32 Å². The number of esters is 1. The molecule has 5 N–H and O–H groups in total. The topological polar surface area (TPSA) is 125 Å². The van der Waals surface area contributed by atoms with Gasteiger partial charge in [0.25, 0.3) is 0 Å². The summed E-state index contributed by atoms with van der Waals surface area (Å²) in [5, 5.41) is 2.79. The lowest BCUT2D eigenvalue weighted by molar-refractivity contribution is -0.142. The van der Waals surface area contributed by atoms with Gasteiger partial charge in [-0.3, -0.25) is 19.7 Å². The Hall–Kier alpha value is -1.12. The smallest absolute Gasteiger partial charge is 0.305 e. The molecule has 0 radical (unpaired) electrons. The maximum Gasteiger partial charge on any atom is 0.305 e. The van der Waals surface area contributed by atoms with Crippen molar-refractivity contribution in [2.24, 2.45) is 11.5 Å². The van der Waals surface area contributed by atoms with Crippen molar-refractivity contribution in [2.45, 2.75) is 25.8 Å². The molecule has 0 bridgehead atoms. The summed E-state index contributed by atoms with van der Waals surface area (Å²) in [6, 6.07) is -0.510. The van der Waals surface area contributed by atoms with Crippen molar-refractivity contribution < 1.29 is 19.1 Å². The van der Waals surface area contributed by atoms with Gasteiger partial charge in [-0.2, -0.15) is 11.8 Å². The molecule has 0 saturated carbocycles. The SMILES string of the molecule is CCC(=O)OCCSC[C@H](NCN)C(=O)CC(N)=O. The van der Waals surface area contributed by atoms with Crippen molar-refractivity contribution >= 4 is 29.4 Å². The van der Waals surface area contributed by atoms with Gasteiger partial charge in [-0.25, -0.2) is 0 Å². The largest absolute Gasteiger partial charge is 0.465 e. The predicted octanol–water partition coefficient (Wildman–Crippen LogP) is -1.01. The molecule has 0 aliphatic rings. The second-order valence-electron chi connectivity index (χ2n) is 3.72. The van der Waals surface area contributed by atoms with Gasteiger partial charge >= 0.3 is 5.97 Å². The van der Waals surface area contributed by atoms with Crippen LogP contribution < -0.4 is 16.8 Å². The molecule has 0 aromatic carbocycles. The van der Waals surface area contributed by atoms with E-state index in [-0.39, 0.29) is 24.8 Å². The Bertz CT molecular complexity index is 312. The fourth-order valence-electron chi connectivity index (χ4n) is 1.22. The number of Topliss-reactive ketones (excluding diaryl/α,β-unsaturated/α-hetero) is 1. The van der Waals surface area contributed by atoms with E-state index in [9.17, 15) is 14.4 Å². The molecule has 0 heterocycles. The number of amides is 1. The van der Waals surface area contributed by atoms with E-state index in [0.29, 0.717) is 24.5 Å². The molecule has 110 valence electrons. The van der Waals surface area contributed by atoms with Gasteiger partial charge in [-0.05, 0) is 0 Å². The number of carbonyl (C=O) groups is 3. The predicted molar refractivity (Wildman–Crippen MR) is 73.4 cm³/mol. The third-order valence-corrected chi connectivity index (χ3v) is 3.19. The highest BCUT2D eigenvalue weighted by Gasteiger charge is 2.18. The van der Waals surface area contributed by atoms with Crippen LogP contribution in [0.25, 0.3) is 0 Å². The molecule has 0 aliphatic heterocycles. The first-order valence-corrected chi connectivity index (χ1v) is 7.14. The van der Waals surface area contributed by atoms with Crippen LogP contribution in [0.5, 0.6) is 0 Å². The van der Waals surface area contributed by atoms with Gasteiger partial charge in [-0.1, -0.05) is 6.92 Å². The van der Waals surface area contributed by atoms with E-state index in [0.717, 1.165) is 0 Å². The summed E-state index contributed by atoms with van der Waals surface area (Å²) in [7, 11) is 0. The fourth-order valence-corrected chi connectivity index (χ4v) is 2.13. The second kappa shape index (κ2) is 10.8. The van der Waals surface area contributed by atoms with E-state index in [1.165, 1.54) is 11.8 Å². The van der Waals surface area contributed by atoms with Gasteiger partial charge in [0.15, 0.2) is 5.78 Å². The number of carbonyl (C=O) groups excluding carboxylic acids is 3. The summed E-state index contributed by atoms with van der Waals surface area (Å²) in [4.78, 5) is 33.2. The molecule has 0 spiro atoms. The monoisotopic (exact) mass is 291 g/mol. The Labute approximate surface area is 116 Å². The third-order valence-electron chi connectivity index (χ3n) is 2.17. The number of ketones is 1. The number of primary amides is 1. The molecule has 0 fully saturated rings. The lowest BCUT2D eigenvalue weighted by atomic mass is 10.1. The maximum absolute atomic E-state index is 11.6. The number of rotatable bonds is 11. The Kier molecular flexibility index (Phi) is 10.1. The van der Waals surface area contributed by atoms with Gasteiger partial charge < -0.3 is 16.2 Å². The molecule has 1 atom stereocenters. The highest BCUT2D eigenvalue weighted by molar-refractivity contribution is 7.99. The molecule has 7 nitrogen and oxygen atoms in total. The average Bonchev–Trinajstić information content (AvgIpc) is 2.35. The molecular weight excluding hydrogens is 270 g/mol. The molecule has 19 heavy (non-hydrogen) atoms. The van der Waals surface area contributed by atoms with Gasteiger partial charge in [0.05, 0.1) is 12.5 Å². The van der Waals surface area contributed by atoms with Crippen LogP contribution in [-0.2, 0) is 19.1 Å². The van der Waals surface area contributed by atoms with Crippen LogP contribution >= 0.6 is 11.8 Å². The van der Waals surface area contributed by atoms with E-state index in [2.05, 4.69) is 5.32 Å².